The van der Waals surface area contributed by atoms with Gasteiger partial charge in [0, 0.05) is 19.2 Å². The number of benzene rings is 1. The van der Waals surface area contributed by atoms with E-state index in [9.17, 15) is 23.3 Å². The summed E-state index contributed by atoms with van der Waals surface area (Å²) in [5, 5.41) is 13.6. The zero-order chi connectivity index (χ0) is 16.0. The molecule has 5 nitrogen and oxygen atoms in total. The van der Waals surface area contributed by atoms with Crippen LogP contribution in [-0.2, 0) is 10.9 Å². The molecule has 0 saturated heterocycles. The first kappa shape index (κ1) is 17.2. The van der Waals surface area contributed by atoms with Gasteiger partial charge < -0.3 is 10.1 Å². The van der Waals surface area contributed by atoms with Crippen molar-refractivity contribution >= 4 is 11.4 Å². The first-order chi connectivity index (χ1) is 9.71. The lowest BCUT2D eigenvalue weighted by Crippen LogP contribution is -2.11. The third-order valence-corrected chi connectivity index (χ3v) is 2.61. The zero-order valence-corrected chi connectivity index (χ0v) is 11.7. The van der Waals surface area contributed by atoms with Crippen LogP contribution in [-0.4, -0.2) is 24.2 Å². The molecule has 1 aromatic rings. The number of halogens is 3. The zero-order valence-electron chi connectivity index (χ0n) is 11.7. The van der Waals surface area contributed by atoms with Crippen molar-refractivity contribution in [3.8, 4) is 0 Å². The van der Waals surface area contributed by atoms with Crippen molar-refractivity contribution in [3.63, 3.8) is 0 Å². The van der Waals surface area contributed by atoms with E-state index in [2.05, 4.69) is 5.32 Å². The van der Waals surface area contributed by atoms with Crippen molar-refractivity contribution < 1.29 is 22.8 Å². The topological polar surface area (TPSA) is 64.4 Å². The van der Waals surface area contributed by atoms with E-state index in [1.165, 1.54) is 0 Å². The Bertz CT molecular complexity index is 490. The van der Waals surface area contributed by atoms with Gasteiger partial charge in [-0.3, -0.25) is 10.1 Å². The van der Waals surface area contributed by atoms with Gasteiger partial charge in [0.25, 0.3) is 5.69 Å². The summed E-state index contributed by atoms with van der Waals surface area (Å²) in [5.41, 5.74) is -1.56. The minimum Gasteiger partial charge on any atom is -0.379 e. The average Bonchev–Trinajstić information content (AvgIpc) is 2.36. The first-order valence-electron chi connectivity index (χ1n) is 6.43. The average molecular weight is 306 g/mol. The van der Waals surface area contributed by atoms with Crippen molar-refractivity contribution in [2.24, 2.45) is 0 Å². The predicted molar refractivity (Wildman–Crippen MR) is 72.3 cm³/mol. The molecule has 0 aliphatic carbocycles. The van der Waals surface area contributed by atoms with Crippen LogP contribution in [0.15, 0.2) is 18.2 Å². The lowest BCUT2D eigenvalue weighted by Gasteiger charge is -2.11. The van der Waals surface area contributed by atoms with Crippen molar-refractivity contribution in [1.29, 1.82) is 0 Å². The second kappa shape index (κ2) is 7.26. The summed E-state index contributed by atoms with van der Waals surface area (Å²) in [5.74, 6) is 0. The lowest BCUT2D eigenvalue weighted by molar-refractivity contribution is -0.384. The molecular weight excluding hydrogens is 289 g/mol. The third kappa shape index (κ3) is 5.58. The maximum atomic E-state index is 12.5. The number of hydrogen-bond acceptors (Lipinski definition) is 4. The Morgan fingerprint density at radius 3 is 2.57 bits per heavy atom. The monoisotopic (exact) mass is 306 g/mol. The van der Waals surface area contributed by atoms with E-state index < -0.39 is 22.4 Å². The van der Waals surface area contributed by atoms with Crippen LogP contribution in [0.2, 0.25) is 0 Å². The van der Waals surface area contributed by atoms with Crippen LogP contribution in [0.4, 0.5) is 24.5 Å². The fraction of sp³-hybridized carbons (Fsp3) is 0.538. The molecule has 1 rings (SSSR count). The minimum atomic E-state index is -4.60. The molecule has 21 heavy (non-hydrogen) atoms. The highest BCUT2D eigenvalue weighted by Gasteiger charge is 2.32. The molecule has 0 saturated carbocycles. The van der Waals surface area contributed by atoms with Gasteiger partial charge in [-0.15, -0.1) is 0 Å². The number of hydrogen-bond donors (Lipinski definition) is 1. The fourth-order valence-electron chi connectivity index (χ4n) is 1.62. The van der Waals surface area contributed by atoms with Gasteiger partial charge in [-0.2, -0.15) is 13.2 Å². The van der Waals surface area contributed by atoms with Crippen LogP contribution in [0.1, 0.15) is 25.8 Å². The highest BCUT2D eigenvalue weighted by molar-refractivity contribution is 5.62. The molecule has 0 bridgehead atoms. The Balaban J connectivity index is 2.72. The summed E-state index contributed by atoms with van der Waals surface area (Å²) in [6.45, 7) is 4.61. The van der Waals surface area contributed by atoms with Crippen molar-refractivity contribution in [2.45, 2.75) is 32.5 Å². The molecule has 0 aromatic heterocycles. The molecule has 0 aliphatic rings. The Hall–Kier alpha value is -1.83. The second-order valence-electron chi connectivity index (χ2n) is 4.69. The summed E-state index contributed by atoms with van der Waals surface area (Å²) < 4.78 is 42.9. The van der Waals surface area contributed by atoms with Gasteiger partial charge in [-0.25, -0.2) is 0 Å². The minimum absolute atomic E-state index is 0.0672. The van der Waals surface area contributed by atoms with Crippen LogP contribution < -0.4 is 5.32 Å². The van der Waals surface area contributed by atoms with Crippen LogP contribution in [0.5, 0.6) is 0 Å². The summed E-state index contributed by atoms with van der Waals surface area (Å²) in [6.07, 6.45) is -3.92. The smallest absolute Gasteiger partial charge is 0.379 e. The maximum Gasteiger partial charge on any atom is 0.416 e. The summed E-state index contributed by atoms with van der Waals surface area (Å²) in [6, 6.07) is 2.43. The molecular formula is C13H17F3N2O3. The summed E-state index contributed by atoms with van der Waals surface area (Å²) in [4.78, 5) is 10.0. The van der Waals surface area contributed by atoms with E-state index >= 15 is 0 Å². The van der Waals surface area contributed by atoms with E-state index in [1.54, 1.807) is 0 Å². The quantitative estimate of drug-likeness (QED) is 0.472. The van der Waals surface area contributed by atoms with Crippen LogP contribution in [0.3, 0.4) is 0 Å². The molecule has 0 heterocycles. The molecule has 0 radical (unpaired) electrons. The molecule has 1 aromatic carbocycles. The first-order valence-corrected chi connectivity index (χ1v) is 6.43. The molecule has 0 unspecified atom stereocenters. The number of nitro benzene ring substituents is 1. The van der Waals surface area contributed by atoms with Crippen LogP contribution >= 0.6 is 0 Å². The van der Waals surface area contributed by atoms with E-state index in [0.717, 1.165) is 12.1 Å². The number of nitrogens with zero attached hydrogens (tertiary/aromatic N) is 1. The Labute approximate surface area is 120 Å². The Kier molecular flexibility index (Phi) is 5.95. The van der Waals surface area contributed by atoms with Crippen molar-refractivity contribution in [2.75, 3.05) is 18.5 Å². The van der Waals surface area contributed by atoms with E-state index in [1.807, 2.05) is 13.8 Å². The van der Waals surface area contributed by atoms with E-state index in [-0.39, 0.29) is 11.8 Å². The van der Waals surface area contributed by atoms with E-state index in [0.29, 0.717) is 25.6 Å². The normalized spacial score (nSPS) is 11.7. The van der Waals surface area contributed by atoms with Gasteiger partial charge in [0.2, 0.25) is 0 Å². The fourth-order valence-corrected chi connectivity index (χ4v) is 1.62. The molecule has 0 spiro atoms. The molecule has 0 aliphatic heterocycles. The van der Waals surface area contributed by atoms with Gasteiger partial charge in [0.15, 0.2) is 0 Å². The molecule has 118 valence electrons. The van der Waals surface area contributed by atoms with Crippen LogP contribution in [0, 0.1) is 10.1 Å². The third-order valence-electron chi connectivity index (χ3n) is 2.61. The lowest BCUT2D eigenvalue weighted by atomic mass is 10.1. The summed E-state index contributed by atoms with van der Waals surface area (Å²) >= 11 is 0. The van der Waals surface area contributed by atoms with Gasteiger partial charge in [-0.1, -0.05) is 0 Å². The highest BCUT2D eigenvalue weighted by atomic mass is 19.4. The highest BCUT2D eigenvalue weighted by Crippen LogP contribution is 2.34. The van der Waals surface area contributed by atoms with Gasteiger partial charge >= 0.3 is 6.18 Å². The Morgan fingerprint density at radius 1 is 1.38 bits per heavy atom. The molecule has 1 N–H and O–H groups in total. The number of alkyl halides is 3. The molecule has 0 atom stereocenters. The standard InChI is InChI=1S/C13H17F3N2O3/c1-9(2)21-7-3-6-17-11-5-4-10(13(14,15)16)8-12(11)18(19)20/h4-5,8-9,17H,3,6-7H2,1-2H3. The number of anilines is 1. The van der Waals surface area contributed by atoms with Crippen LogP contribution in [0.25, 0.3) is 0 Å². The molecule has 0 amide bonds. The van der Waals surface area contributed by atoms with Gasteiger partial charge in [-0.05, 0) is 32.4 Å². The SMILES string of the molecule is CC(C)OCCCNc1ccc(C(F)(F)F)cc1[N+](=O)[O-]. The second-order valence-corrected chi connectivity index (χ2v) is 4.69. The van der Waals surface area contributed by atoms with E-state index in [4.69, 9.17) is 4.74 Å². The summed E-state index contributed by atoms with van der Waals surface area (Å²) in [7, 11) is 0. The molecule has 8 heteroatoms. The number of nitrogens with one attached hydrogen (secondary N) is 1. The van der Waals surface area contributed by atoms with Gasteiger partial charge in [0.05, 0.1) is 16.6 Å². The maximum absolute atomic E-state index is 12.5. The van der Waals surface area contributed by atoms with Crippen molar-refractivity contribution in [1.82, 2.24) is 0 Å². The number of ether oxygens (including phenoxy) is 1. The Morgan fingerprint density at radius 2 is 2.05 bits per heavy atom. The predicted octanol–water partition coefficient (Wildman–Crippen LogP) is 3.84. The van der Waals surface area contributed by atoms with Gasteiger partial charge in [0.1, 0.15) is 5.69 Å². The largest absolute Gasteiger partial charge is 0.416 e. The molecule has 0 fully saturated rings. The number of rotatable bonds is 7. The number of nitro groups is 1. The van der Waals surface area contributed by atoms with Crippen molar-refractivity contribution in [3.05, 3.63) is 33.9 Å².